The van der Waals surface area contributed by atoms with Crippen molar-refractivity contribution in [2.75, 3.05) is 33.4 Å². The van der Waals surface area contributed by atoms with Crippen LogP contribution < -0.4 is 4.74 Å². The van der Waals surface area contributed by atoms with Crippen LogP contribution in [0.4, 0.5) is 0 Å². The van der Waals surface area contributed by atoms with E-state index in [1.165, 1.54) is 42.0 Å². The summed E-state index contributed by atoms with van der Waals surface area (Å²) in [6, 6.07) is 14.1. The van der Waals surface area contributed by atoms with Gasteiger partial charge in [0.2, 0.25) is 0 Å². The number of hydrogen-bond donors (Lipinski definition) is 1. The van der Waals surface area contributed by atoms with Crippen molar-refractivity contribution in [2.45, 2.75) is 50.7 Å². The van der Waals surface area contributed by atoms with Crippen LogP contribution in [0.15, 0.2) is 36.4 Å². The van der Waals surface area contributed by atoms with Gasteiger partial charge in [0.1, 0.15) is 5.75 Å². The lowest BCUT2D eigenvalue weighted by molar-refractivity contribution is 0.0269. The van der Waals surface area contributed by atoms with Gasteiger partial charge in [-0.05, 0) is 36.3 Å². The highest BCUT2D eigenvalue weighted by Gasteiger charge is 2.33. The van der Waals surface area contributed by atoms with E-state index in [9.17, 15) is 5.11 Å². The third-order valence-corrected chi connectivity index (χ3v) is 6.46. The predicted octanol–water partition coefficient (Wildman–Crippen LogP) is 3.66. The smallest absolute Gasteiger partial charge is 0.126 e. The second-order valence-electron chi connectivity index (χ2n) is 8.05. The molecule has 1 saturated heterocycles. The first kappa shape index (κ1) is 18.7. The average molecular weight is 369 g/mol. The highest BCUT2D eigenvalue weighted by atomic mass is 16.5. The average Bonchev–Trinajstić information content (AvgIpc) is 3.23. The molecule has 0 aromatic heterocycles. The van der Waals surface area contributed by atoms with Crippen LogP contribution in [0, 0.1) is 0 Å². The van der Waals surface area contributed by atoms with Crippen LogP contribution in [0.2, 0.25) is 0 Å². The SMILES string of the molecule is COc1ccc(CN2CCN(C3CCCC3)C(CCO)C2)c2ccccc12. The normalized spacial score (nSPS) is 22.5. The van der Waals surface area contributed by atoms with Gasteiger partial charge in [-0.2, -0.15) is 0 Å². The molecule has 2 aromatic rings. The third-order valence-electron chi connectivity index (χ3n) is 6.46. The number of rotatable bonds is 6. The molecule has 1 saturated carbocycles. The monoisotopic (exact) mass is 368 g/mol. The Kier molecular flexibility index (Phi) is 5.96. The summed E-state index contributed by atoms with van der Waals surface area (Å²) in [5.74, 6) is 0.943. The summed E-state index contributed by atoms with van der Waals surface area (Å²) in [7, 11) is 1.74. The minimum atomic E-state index is 0.285. The summed E-state index contributed by atoms with van der Waals surface area (Å²) < 4.78 is 5.54. The van der Waals surface area contributed by atoms with Gasteiger partial charge in [0.05, 0.1) is 7.11 Å². The number of hydrogen-bond acceptors (Lipinski definition) is 4. The van der Waals surface area contributed by atoms with Crippen LogP contribution in [0.1, 0.15) is 37.7 Å². The zero-order valence-corrected chi connectivity index (χ0v) is 16.4. The molecule has 0 amide bonds. The quantitative estimate of drug-likeness (QED) is 0.844. The van der Waals surface area contributed by atoms with Crippen molar-refractivity contribution in [1.82, 2.24) is 9.80 Å². The molecule has 4 rings (SSSR count). The van der Waals surface area contributed by atoms with E-state index in [0.717, 1.165) is 44.4 Å². The molecule has 2 aliphatic rings. The van der Waals surface area contributed by atoms with Gasteiger partial charge in [-0.15, -0.1) is 0 Å². The van der Waals surface area contributed by atoms with Crippen molar-refractivity contribution in [3.63, 3.8) is 0 Å². The van der Waals surface area contributed by atoms with E-state index in [0.29, 0.717) is 6.04 Å². The first-order valence-corrected chi connectivity index (χ1v) is 10.4. The molecule has 1 aliphatic carbocycles. The maximum atomic E-state index is 9.60. The Bertz CT molecular complexity index is 757. The molecule has 4 heteroatoms. The van der Waals surface area contributed by atoms with Crippen molar-refractivity contribution >= 4 is 10.8 Å². The number of aliphatic hydroxyl groups excluding tert-OH is 1. The number of fused-ring (bicyclic) bond motifs is 1. The Labute approximate surface area is 162 Å². The van der Waals surface area contributed by atoms with Gasteiger partial charge in [0.15, 0.2) is 0 Å². The van der Waals surface area contributed by atoms with Crippen LogP contribution in [0.5, 0.6) is 5.75 Å². The first-order valence-electron chi connectivity index (χ1n) is 10.4. The molecule has 1 aliphatic heterocycles. The Morgan fingerprint density at radius 3 is 2.56 bits per heavy atom. The largest absolute Gasteiger partial charge is 0.496 e. The van der Waals surface area contributed by atoms with Crippen molar-refractivity contribution in [3.8, 4) is 5.75 Å². The lowest BCUT2D eigenvalue weighted by Gasteiger charge is -2.44. The molecule has 1 unspecified atom stereocenters. The maximum absolute atomic E-state index is 9.60. The third kappa shape index (κ3) is 3.98. The van der Waals surface area contributed by atoms with E-state index in [-0.39, 0.29) is 6.61 Å². The predicted molar refractivity (Wildman–Crippen MR) is 110 cm³/mol. The maximum Gasteiger partial charge on any atom is 0.126 e. The summed E-state index contributed by atoms with van der Waals surface area (Å²) in [4.78, 5) is 5.27. The highest BCUT2D eigenvalue weighted by molar-refractivity contribution is 5.91. The Morgan fingerprint density at radius 2 is 1.81 bits per heavy atom. The van der Waals surface area contributed by atoms with Gasteiger partial charge in [-0.3, -0.25) is 9.80 Å². The van der Waals surface area contributed by atoms with Gasteiger partial charge in [0.25, 0.3) is 0 Å². The van der Waals surface area contributed by atoms with Gasteiger partial charge in [-0.1, -0.05) is 43.2 Å². The van der Waals surface area contributed by atoms with Crippen LogP contribution in [-0.2, 0) is 6.54 Å². The topological polar surface area (TPSA) is 35.9 Å². The summed E-state index contributed by atoms with van der Waals surface area (Å²) in [5.41, 5.74) is 1.36. The molecule has 4 nitrogen and oxygen atoms in total. The van der Waals surface area contributed by atoms with Crippen LogP contribution in [0.3, 0.4) is 0 Å². The second kappa shape index (κ2) is 8.59. The molecule has 146 valence electrons. The lowest BCUT2D eigenvalue weighted by Crippen LogP contribution is -2.56. The molecule has 1 heterocycles. The van der Waals surface area contributed by atoms with Gasteiger partial charge in [-0.25, -0.2) is 0 Å². The highest BCUT2D eigenvalue weighted by Crippen LogP contribution is 2.31. The van der Waals surface area contributed by atoms with Crippen molar-refractivity contribution in [3.05, 3.63) is 42.0 Å². The Hall–Kier alpha value is -1.62. The van der Waals surface area contributed by atoms with Crippen LogP contribution >= 0.6 is 0 Å². The zero-order chi connectivity index (χ0) is 18.6. The number of nitrogens with zero attached hydrogens (tertiary/aromatic N) is 2. The molecule has 27 heavy (non-hydrogen) atoms. The minimum Gasteiger partial charge on any atom is -0.496 e. The van der Waals surface area contributed by atoms with Gasteiger partial charge >= 0.3 is 0 Å². The van der Waals surface area contributed by atoms with E-state index in [2.05, 4.69) is 46.2 Å². The molecule has 0 radical (unpaired) electrons. The van der Waals surface area contributed by atoms with E-state index < -0.39 is 0 Å². The lowest BCUT2D eigenvalue weighted by atomic mass is 10.0. The summed E-state index contributed by atoms with van der Waals surface area (Å²) in [6.45, 7) is 4.54. The van der Waals surface area contributed by atoms with Gasteiger partial charge < -0.3 is 9.84 Å². The number of piperazine rings is 1. The van der Waals surface area contributed by atoms with E-state index in [1.54, 1.807) is 7.11 Å². The number of ether oxygens (including phenoxy) is 1. The summed E-state index contributed by atoms with van der Waals surface area (Å²) >= 11 is 0. The fourth-order valence-electron chi connectivity index (χ4n) is 5.09. The second-order valence-corrected chi connectivity index (χ2v) is 8.05. The number of aliphatic hydroxyl groups is 1. The Morgan fingerprint density at radius 1 is 1.04 bits per heavy atom. The number of methoxy groups -OCH3 is 1. The molecule has 1 N–H and O–H groups in total. The number of benzene rings is 2. The zero-order valence-electron chi connectivity index (χ0n) is 16.4. The minimum absolute atomic E-state index is 0.285. The molecule has 1 atom stereocenters. The molecular weight excluding hydrogens is 336 g/mol. The molecular formula is C23H32N2O2. The molecule has 0 bridgehead atoms. The summed E-state index contributed by atoms with van der Waals surface area (Å²) in [6.07, 6.45) is 6.30. The Balaban J connectivity index is 1.51. The van der Waals surface area contributed by atoms with Crippen LogP contribution in [-0.4, -0.2) is 60.3 Å². The van der Waals surface area contributed by atoms with E-state index >= 15 is 0 Å². The van der Waals surface area contributed by atoms with Gasteiger partial charge in [0, 0.05) is 50.3 Å². The molecule has 2 fully saturated rings. The first-order chi connectivity index (χ1) is 13.3. The van der Waals surface area contributed by atoms with Crippen LogP contribution in [0.25, 0.3) is 10.8 Å². The van der Waals surface area contributed by atoms with Crippen molar-refractivity contribution < 1.29 is 9.84 Å². The molecule has 2 aromatic carbocycles. The fraction of sp³-hybridized carbons (Fsp3) is 0.565. The fourth-order valence-corrected chi connectivity index (χ4v) is 5.09. The van der Waals surface area contributed by atoms with Crippen molar-refractivity contribution in [1.29, 1.82) is 0 Å². The van der Waals surface area contributed by atoms with E-state index in [4.69, 9.17) is 4.74 Å². The van der Waals surface area contributed by atoms with Crippen molar-refractivity contribution in [2.24, 2.45) is 0 Å². The van der Waals surface area contributed by atoms with E-state index in [1.807, 2.05) is 0 Å². The molecule has 0 spiro atoms. The summed E-state index contributed by atoms with van der Waals surface area (Å²) in [5, 5.41) is 12.1. The standard InChI is InChI=1S/C23H32N2O2/c1-27-23-11-10-18(21-8-4-5-9-22(21)23)16-24-13-14-25(19-6-2-3-7-19)20(17-24)12-15-26/h4-5,8-11,19-20,26H,2-3,6-7,12-17H2,1H3.